The fourth-order valence-electron chi connectivity index (χ4n) is 1.64. The van der Waals surface area contributed by atoms with Crippen molar-refractivity contribution < 1.29 is 14.5 Å². The summed E-state index contributed by atoms with van der Waals surface area (Å²) >= 11 is 0. The molecule has 0 amide bonds. The van der Waals surface area contributed by atoms with Gasteiger partial charge in [0.2, 0.25) is 0 Å². The Balaban J connectivity index is 2.24. The first-order valence-corrected chi connectivity index (χ1v) is 5.02. The molecule has 0 aliphatic heterocycles. The highest BCUT2D eigenvalue weighted by Crippen LogP contribution is 2.21. The third-order valence-corrected chi connectivity index (χ3v) is 2.43. The second-order valence-corrected chi connectivity index (χ2v) is 3.54. The molecule has 0 aliphatic rings. The summed E-state index contributed by atoms with van der Waals surface area (Å²) in [4.78, 5) is 23.2. The van der Waals surface area contributed by atoms with E-state index in [9.17, 15) is 14.9 Å². The van der Waals surface area contributed by atoms with Crippen molar-refractivity contribution in [2.24, 2.45) is 0 Å². The Morgan fingerprint density at radius 3 is 2.94 bits per heavy atom. The minimum atomic E-state index is -0.435. The van der Waals surface area contributed by atoms with E-state index in [1.54, 1.807) is 6.07 Å². The molecule has 0 saturated heterocycles. The van der Waals surface area contributed by atoms with Gasteiger partial charge in [-0.2, -0.15) is 0 Å². The van der Waals surface area contributed by atoms with Gasteiger partial charge >= 0.3 is 0 Å². The van der Waals surface area contributed by atoms with E-state index in [-0.39, 0.29) is 5.69 Å². The average Bonchev–Trinajstić information content (AvgIpc) is 2.70. The number of non-ortho nitro benzene ring substituents is 1. The Hall–Kier alpha value is -2.37. The Labute approximate surface area is 96.3 Å². The minimum Gasteiger partial charge on any atom is -0.467 e. The van der Waals surface area contributed by atoms with E-state index >= 15 is 0 Å². The number of carbonyl (C=O) groups excluding carboxylic acids is 1. The molecule has 0 fully saturated rings. The summed E-state index contributed by atoms with van der Waals surface area (Å²) in [6, 6.07) is 6.52. The smallest absolute Gasteiger partial charge is 0.293 e. The number of benzene rings is 1. The zero-order valence-corrected chi connectivity index (χ0v) is 8.88. The molecule has 1 aromatic heterocycles. The maximum Gasteiger partial charge on any atom is 0.293 e. The molecule has 0 bridgehead atoms. The highest BCUT2D eigenvalue weighted by Gasteiger charge is 2.08. The van der Waals surface area contributed by atoms with Crippen LogP contribution in [0.5, 0.6) is 0 Å². The fourth-order valence-corrected chi connectivity index (χ4v) is 1.64. The van der Waals surface area contributed by atoms with Crippen LogP contribution in [0.15, 0.2) is 24.3 Å². The molecule has 0 aliphatic carbocycles. The van der Waals surface area contributed by atoms with Crippen molar-refractivity contribution in [2.45, 2.75) is 6.42 Å². The lowest BCUT2D eigenvalue weighted by Crippen LogP contribution is -1.96. The number of ether oxygens (including phenoxy) is 1. The largest absolute Gasteiger partial charge is 0.467 e. The monoisotopic (exact) mass is 234 g/mol. The van der Waals surface area contributed by atoms with Crippen molar-refractivity contribution in [1.29, 1.82) is 0 Å². The van der Waals surface area contributed by atoms with Gasteiger partial charge in [-0.3, -0.25) is 14.9 Å². The molecule has 6 nitrogen and oxygen atoms in total. The van der Waals surface area contributed by atoms with E-state index in [0.29, 0.717) is 25.0 Å². The van der Waals surface area contributed by atoms with Crippen molar-refractivity contribution in [2.75, 3.05) is 6.61 Å². The number of rotatable bonds is 5. The summed E-state index contributed by atoms with van der Waals surface area (Å²) in [5, 5.41) is 11.5. The molecule has 2 aromatic rings. The van der Waals surface area contributed by atoms with Gasteiger partial charge in [0.25, 0.3) is 12.2 Å². The first kappa shape index (κ1) is 11.1. The summed E-state index contributed by atoms with van der Waals surface area (Å²) in [5.74, 6) is 0. The van der Waals surface area contributed by atoms with Gasteiger partial charge < -0.3 is 9.72 Å². The maximum atomic E-state index is 10.6. The molecule has 1 N–H and O–H groups in total. The van der Waals surface area contributed by atoms with Crippen molar-refractivity contribution >= 4 is 23.1 Å². The number of nitro benzene ring substituents is 1. The third kappa shape index (κ3) is 2.41. The lowest BCUT2D eigenvalue weighted by molar-refractivity contribution is -0.384. The van der Waals surface area contributed by atoms with E-state index in [0.717, 1.165) is 11.1 Å². The zero-order valence-electron chi connectivity index (χ0n) is 8.88. The molecule has 17 heavy (non-hydrogen) atoms. The van der Waals surface area contributed by atoms with E-state index in [1.165, 1.54) is 12.1 Å². The number of aromatic nitrogens is 1. The zero-order chi connectivity index (χ0) is 12.3. The molecule has 0 radical (unpaired) electrons. The first-order valence-electron chi connectivity index (χ1n) is 5.02. The lowest BCUT2D eigenvalue weighted by atomic mass is 10.2. The van der Waals surface area contributed by atoms with Gasteiger partial charge in [0, 0.05) is 29.6 Å². The van der Waals surface area contributed by atoms with E-state index in [4.69, 9.17) is 0 Å². The van der Waals surface area contributed by atoms with Crippen LogP contribution in [-0.2, 0) is 16.0 Å². The number of H-pyrrole nitrogens is 1. The fraction of sp³-hybridized carbons (Fsp3) is 0.182. The molecule has 1 aromatic carbocycles. The first-order chi connectivity index (χ1) is 8.20. The van der Waals surface area contributed by atoms with Crippen LogP contribution in [0.25, 0.3) is 10.9 Å². The molecule has 0 unspecified atom stereocenters. The standard InChI is InChI=1S/C11H10N2O4/c14-7-17-4-3-9-5-8-1-2-10(13(15)16)6-11(8)12-9/h1-2,5-7,12H,3-4H2. The number of carbonyl (C=O) groups is 1. The summed E-state index contributed by atoms with van der Waals surface area (Å²) in [7, 11) is 0. The van der Waals surface area contributed by atoms with Gasteiger partial charge in [0.1, 0.15) is 0 Å². The van der Waals surface area contributed by atoms with Gasteiger partial charge in [-0.05, 0) is 12.1 Å². The second-order valence-electron chi connectivity index (χ2n) is 3.54. The molecular weight excluding hydrogens is 224 g/mol. The Bertz CT molecular complexity index is 562. The molecule has 0 atom stereocenters. The van der Waals surface area contributed by atoms with Gasteiger partial charge in [-0.15, -0.1) is 0 Å². The Kier molecular flexibility index (Phi) is 3.04. The van der Waals surface area contributed by atoms with E-state index in [2.05, 4.69) is 9.72 Å². The number of hydrogen-bond acceptors (Lipinski definition) is 4. The average molecular weight is 234 g/mol. The lowest BCUT2D eigenvalue weighted by Gasteiger charge is -1.95. The maximum absolute atomic E-state index is 10.6. The predicted molar refractivity (Wildman–Crippen MR) is 60.7 cm³/mol. The predicted octanol–water partition coefficient (Wildman–Crippen LogP) is 1.79. The Morgan fingerprint density at radius 2 is 2.24 bits per heavy atom. The van der Waals surface area contributed by atoms with Crippen LogP contribution in [0.4, 0.5) is 5.69 Å². The number of aromatic amines is 1. The van der Waals surface area contributed by atoms with Crippen LogP contribution in [0, 0.1) is 10.1 Å². The number of hydrogen-bond donors (Lipinski definition) is 1. The number of nitrogens with one attached hydrogen (secondary N) is 1. The summed E-state index contributed by atoms with van der Waals surface area (Å²) in [5.41, 5.74) is 1.64. The topological polar surface area (TPSA) is 85.2 Å². The number of nitro groups is 1. The van der Waals surface area contributed by atoms with E-state index < -0.39 is 4.92 Å². The molecule has 2 rings (SSSR count). The molecule has 88 valence electrons. The summed E-state index contributed by atoms with van der Waals surface area (Å²) in [6.45, 7) is 0.686. The van der Waals surface area contributed by atoms with Gasteiger partial charge in [0.05, 0.1) is 17.0 Å². The van der Waals surface area contributed by atoms with Crippen molar-refractivity contribution in [3.8, 4) is 0 Å². The van der Waals surface area contributed by atoms with Crippen LogP contribution in [0.2, 0.25) is 0 Å². The van der Waals surface area contributed by atoms with Gasteiger partial charge in [-0.1, -0.05) is 0 Å². The second kappa shape index (κ2) is 4.65. The molecule has 0 spiro atoms. The third-order valence-electron chi connectivity index (χ3n) is 2.43. The van der Waals surface area contributed by atoms with Crippen LogP contribution >= 0.6 is 0 Å². The Morgan fingerprint density at radius 1 is 1.41 bits per heavy atom. The quantitative estimate of drug-likeness (QED) is 0.370. The molecule has 6 heteroatoms. The van der Waals surface area contributed by atoms with Crippen molar-refractivity contribution in [3.63, 3.8) is 0 Å². The highest BCUT2D eigenvalue weighted by molar-refractivity contribution is 5.82. The molecular formula is C11H10N2O4. The minimum absolute atomic E-state index is 0.0510. The van der Waals surface area contributed by atoms with Crippen LogP contribution < -0.4 is 0 Å². The summed E-state index contributed by atoms with van der Waals surface area (Å²) in [6.07, 6.45) is 0.557. The van der Waals surface area contributed by atoms with E-state index in [1.807, 2.05) is 6.07 Å². The van der Waals surface area contributed by atoms with Gasteiger partial charge in [0.15, 0.2) is 0 Å². The van der Waals surface area contributed by atoms with Crippen LogP contribution in [0.1, 0.15) is 5.69 Å². The van der Waals surface area contributed by atoms with Crippen LogP contribution in [-0.4, -0.2) is 23.0 Å². The van der Waals surface area contributed by atoms with Crippen molar-refractivity contribution in [3.05, 3.63) is 40.1 Å². The van der Waals surface area contributed by atoms with Crippen molar-refractivity contribution in [1.82, 2.24) is 4.98 Å². The summed E-state index contributed by atoms with van der Waals surface area (Å²) < 4.78 is 4.59. The molecule has 1 heterocycles. The number of nitrogens with zero attached hydrogens (tertiary/aromatic N) is 1. The number of fused-ring (bicyclic) bond motifs is 1. The SMILES string of the molecule is O=COCCc1cc2ccc([N+](=O)[O-])cc2[nH]1. The normalized spacial score (nSPS) is 10.4. The van der Waals surface area contributed by atoms with Gasteiger partial charge in [-0.25, -0.2) is 0 Å². The highest BCUT2D eigenvalue weighted by atomic mass is 16.6. The van der Waals surface area contributed by atoms with Crippen LogP contribution in [0.3, 0.4) is 0 Å². The molecule has 0 saturated carbocycles.